The van der Waals surface area contributed by atoms with Crippen molar-refractivity contribution < 1.29 is 0 Å². The zero-order chi connectivity index (χ0) is 13.4. The number of nitrogens with one attached hydrogen (secondary N) is 1. The minimum Gasteiger partial charge on any atom is -0.271 e. The third-order valence-corrected chi connectivity index (χ3v) is 5.47. The summed E-state index contributed by atoms with van der Waals surface area (Å²) in [5, 5.41) is 0.803. The van der Waals surface area contributed by atoms with Crippen molar-refractivity contribution in [2.45, 2.75) is 45.1 Å². The fourth-order valence-electron chi connectivity index (χ4n) is 4.28. The Morgan fingerprint density at radius 3 is 2.79 bits per heavy atom. The number of hydrogen-bond donors (Lipinski definition) is 2. The van der Waals surface area contributed by atoms with Crippen molar-refractivity contribution in [1.29, 1.82) is 0 Å². The molecule has 0 radical (unpaired) electrons. The predicted molar refractivity (Wildman–Crippen MR) is 79.8 cm³/mol. The van der Waals surface area contributed by atoms with Crippen LogP contribution >= 0.6 is 11.6 Å². The number of hydrazine groups is 1. The molecule has 3 N–H and O–H groups in total. The SMILES string of the molecule is Cc1cc(Cl)ccc1C(CC1CC2CCC1C2)NN. The topological polar surface area (TPSA) is 38.0 Å². The number of rotatable bonds is 4. The summed E-state index contributed by atoms with van der Waals surface area (Å²) in [6.45, 7) is 2.12. The Balaban J connectivity index is 1.73. The van der Waals surface area contributed by atoms with Gasteiger partial charge in [0.1, 0.15) is 0 Å². The number of fused-ring (bicyclic) bond motifs is 2. The lowest BCUT2D eigenvalue weighted by molar-refractivity contribution is 0.280. The Morgan fingerprint density at radius 1 is 1.37 bits per heavy atom. The molecule has 2 aliphatic rings. The number of aryl methyl sites for hydroxylation is 1. The van der Waals surface area contributed by atoms with E-state index in [-0.39, 0.29) is 6.04 Å². The van der Waals surface area contributed by atoms with Crippen LogP contribution in [-0.2, 0) is 0 Å². The molecule has 0 aromatic heterocycles. The molecule has 1 aromatic rings. The molecule has 2 aliphatic carbocycles. The number of hydrogen-bond acceptors (Lipinski definition) is 2. The summed E-state index contributed by atoms with van der Waals surface area (Å²) in [6, 6.07) is 6.38. The van der Waals surface area contributed by atoms with E-state index >= 15 is 0 Å². The lowest BCUT2D eigenvalue weighted by atomic mass is 9.82. The first-order valence-electron chi connectivity index (χ1n) is 7.39. The monoisotopic (exact) mass is 278 g/mol. The molecule has 4 unspecified atom stereocenters. The van der Waals surface area contributed by atoms with Crippen molar-refractivity contribution in [2.75, 3.05) is 0 Å². The highest BCUT2D eigenvalue weighted by Crippen LogP contribution is 2.51. The Bertz CT molecular complexity index is 460. The molecule has 2 bridgehead atoms. The average Bonchev–Trinajstić information content (AvgIpc) is 2.99. The number of halogens is 1. The molecular weight excluding hydrogens is 256 g/mol. The van der Waals surface area contributed by atoms with E-state index in [9.17, 15) is 0 Å². The van der Waals surface area contributed by atoms with Crippen molar-refractivity contribution >= 4 is 11.6 Å². The van der Waals surface area contributed by atoms with Gasteiger partial charge in [0.2, 0.25) is 0 Å². The van der Waals surface area contributed by atoms with Crippen LogP contribution in [0.25, 0.3) is 0 Å². The molecule has 2 saturated carbocycles. The van der Waals surface area contributed by atoms with Gasteiger partial charge in [-0.3, -0.25) is 11.3 Å². The highest BCUT2D eigenvalue weighted by atomic mass is 35.5. The molecular formula is C16H23ClN2. The van der Waals surface area contributed by atoms with Crippen LogP contribution in [0.5, 0.6) is 0 Å². The van der Waals surface area contributed by atoms with E-state index < -0.39 is 0 Å². The zero-order valence-corrected chi connectivity index (χ0v) is 12.3. The second-order valence-corrected chi connectivity index (χ2v) is 6.83. The van der Waals surface area contributed by atoms with Gasteiger partial charge in [-0.1, -0.05) is 24.1 Å². The van der Waals surface area contributed by atoms with Crippen LogP contribution in [0.4, 0.5) is 0 Å². The maximum absolute atomic E-state index is 6.03. The summed E-state index contributed by atoms with van der Waals surface area (Å²) in [5.41, 5.74) is 5.56. The second kappa shape index (κ2) is 5.43. The first-order chi connectivity index (χ1) is 9.17. The quantitative estimate of drug-likeness (QED) is 0.646. The van der Waals surface area contributed by atoms with Crippen LogP contribution in [-0.4, -0.2) is 0 Å². The van der Waals surface area contributed by atoms with E-state index in [0.29, 0.717) is 0 Å². The van der Waals surface area contributed by atoms with E-state index in [1.807, 2.05) is 12.1 Å². The highest BCUT2D eigenvalue weighted by Gasteiger charge is 2.40. The lowest BCUT2D eigenvalue weighted by Crippen LogP contribution is -2.31. The third-order valence-electron chi connectivity index (χ3n) is 5.23. The molecule has 0 saturated heterocycles. The van der Waals surface area contributed by atoms with Crippen molar-refractivity contribution in [1.82, 2.24) is 5.43 Å². The molecule has 4 atom stereocenters. The molecule has 3 rings (SSSR count). The fraction of sp³-hybridized carbons (Fsp3) is 0.625. The second-order valence-electron chi connectivity index (χ2n) is 6.39. The van der Waals surface area contributed by atoms with E-state index in [1.54, 1.807) is 0 Å². The molecule has 2 fully saturated rings. The van der Waals surface area contributed by atoms with Crippen molar-refractivity contribution in [2.24, 2.45) is 23.6 Å². The van der Waals surface area contributed by atoms with Gasteiger partial charge in [-0.2, -0.15) is 0 Å². The standard InChI is InChI=1S/C16H23ClN2/c1-10-6-14(17)4-5-15(10)16(19-18)9-13-8-11-2-3-12(13)7-11/h4-6,11-13,16,19H,2-3,7-9,18H2,1H3. The predicted octanol–water partition coefficient (Wildman–Crippen LogP) is 3.98. The van der Waals surface area contributed by atoms with Gasteiger partial charge in [-0.25, -0.2) is 0 Å². The molecule has 2 nitrogen and oxygen atoms in total. The lowest BCUT2D eigenvalue weighted by Gasteiger charge is -2.27. The van der Waals surface area contributed by atoms with Gasteiger partial charge in [0.15, 0.2) is 0 Å². The summed E-state index contributed by atoms with van der Waals surface area (Å²) in [6.07, 6.45) is 6.94. The third kappa shape index (κ3) is 2.67. The van der Waals surface area contributed by atoms with Crippen LogP contribution in [0, 0.1) is 24.7 Å². The summed E-state index contributed by atoms with van der Waals surface area (Å²) in [7, 11) is 0. The first-order valence-corrected chi connectivity index (χ1v) is 7.77. The molecule has 19 heavy (non-hydrogen) atoms. The van der Waals surface area contributed by atoms with Gasteiger partial charge in [0.25, 0.3) is 0 Å². The highest BCUT2D eigenvalue weighted by molar-refractivity contribution is 6.30. The van der Waals surface area contributed by atoms with Gasteiger partial charge in [0, 0.05) is 11.1 Å². The van der Waals surface area contributed by atoms with Gasteiger partial charge in [-0.15, -0.1) is 0 Å². The minimum absolute atomic E-state index is 0.265. The van der Waals surface area contributed by atoms with Gasteiger partial charge in [-0.05, 0) is 73.6 Å². The maximum Gasteiger partial charge on any atom is 0.0465 e. The van der Waals surface area contributed by atoms with E-state index in [2.05, 4.69) is 18.4 Å². The molecule has 3 heteroatoms. The molecule has 0 spiro atoms. The van der Waals surface area contributed by atoms with Crippen molar-refractivity contribution in [3.63, 3.8) is 0 Å². The molecule has 0 aliphatic heterocycles. The number of nitrogens with two attached hydrogens (primary N) is 1. The Labute approximate surface area is 120 Å². The van der Waals surface area contributed by atoms with Crippen LogP contribution in [0.2, 0.25) is 5.02 Å². The van der Waals surface area contributed by atoms with Gasteiger partial charge >= 0.3 is 0 Å². The van der Waals surface area contributed by atoms with E-state index in [1.165, 1.54) is 43.2 Å². The van der Waals surface area contributed by atoms with Crippen LogP contribution < -0.4 is 11.3 Å². The van der Waals surface area contributed by atoms with Crippen molar-refractivity contribution in [3.05, 3.63) is 34.3 Å². The smallest absolute Gasteiger partial charge is 0.0465 e. The minimum atomic E-state index is 0.265. The first kappa shape index (κ1) is 13.4. The van der Waals surface area contributed by atoms with Crippen LogP contribution in [0.15, 0.2) is 18.2 Å². The Morgan fingerprint density at radius 2 is 2.21 bits per heavy atom. The normalized spacial score (nSPS) is 30.8. The summed E-state index contributed by atoms with van der Waals surface area (Å²) < 4.78 is 0. The Hall–Kier alpha value is -0.570. The van der Waals surface area contributed by atoms with Crippen LogP contribution in [0.1, 0.15) is 49.3 Å². The van der Waals surface area contributed by atoms with Crippen LogP contribution in [0.3, 0.4) is 0 Å². The summed E-state index contributed by atoms with van der Waals surface area (Å²) >= 11 is 6.03. The number of benzene rings is 1. The van der Waals surface area contributed by atoms with Gasteiger partial charge in [0.05, 0.1) is 0 Å². The summed E-state index contributed by atoms with van der Waals surface area (Å²) in [5.74, 6) is 8.61. The Kier molecular flexibility index (Phi) is 3.84. The van der Waals surface area contributed by atoms with Gasteiger partial charge < -0.3 is 0 Å². The van der Waals surface area contributed by atoms with Crippen molar-refractivity contribution in [3.8, 4) is 0 Å². The molecule has 0 amide bonds. The molecule has 1 aromatic carbocycles. The average molecular weight is 279 g/mol. The zero-order valence-electron chi connectivity index (χ0n) is 11.5. The summed E-state index contributed by atoms with van der Waals surface area (Å²) in [4.78, 5) is 0. The maximum atomic E-state index is 6.03. The molecule has 0 heterocycles. The fourth-order valence-corrected chi connectivity index (χ4v) is 4.51. The molecule has 104 valence electrons. The van der Waals surface area contributed by atoms with E-state index in [4.69, 9.17) is 17.4 Å². The largest absolute Gasteiger partial charge is 0.271 e. The van der Waals surface area contributed by atoms with E-state index in [0.717, 1.165) is 22.8 Å².